The SMILES string of the molecule is O=C(Nc1ccc2scnc2c1)c1ccc(N2CCCCCS2(=O)=O)cc1. The van der Waals surface area contributed by atoms with Crippen molar-refractivity contribution < 1.29 is 13.2 Å². The number of aromatic nitrogens is 1. The molecule has 27 heavy (non-hydrogen) atoms. The number of sulfonamides is 1. The number of thiazole rings is 1. The molecule has 6 nitrogen and oxygen atoms in total. The molecule has 1 saturated heterocycles. The first-order valence-corrected chi connectivity index (χ1v) is 11.3. The number of rotatable bonds is 3. The van der Waals surface area contributed by atoms with Crippen LogP contribution < -0.4 is 9.62 Å². The van der Waals surface area contributed by atoms with Crippen LogP contribution in [0.15, 0.2) is 48.0 Å². The van der Waals surface area contributed by atoms with E-state index in [0.717, 1.165) is 23.1 Å². The third-order valence-corrected chi connectivity index (χ3v) is 7.28. The molecule has 4 rings (SSSR count). The van der Waals surface area contributed by atoms with Crippen LogP contribution in [0.2, 0.25) is 0 Å². The van der Waals surface area contributed by atoms with Gasteiger partial charge in [0, 0.05) is 17.8 Å². The second-order valence-corrected chi connectivity index (χ2v) is 9.38. The largest absolute Gasteiger partial charge is 0.322 e. The lowest BCUT2D eigenvalue weighted by Gasteiger charge is -2.22. The Kier molecular flexibility index (Phi) is 4.84. The molecule has 1 aromatic heterocycles. The summed E-state index contributed by atoms with van der Waals surface area (Å²) < 4.78 is 27.3. The first kappa shape index (κ1) is 17.9. The lowest BCUT2D eigenvalue weighted by molar-refractivity contribution is 0.102. The minimum atomic E-state index is -3.28. The number of amides is 1. The quantitative estimate of drug-likeness (QED) is 0.723. The number of carbonyl (C=O) groups is 1. The van der Waals surface area contributed by atoms with Crippen molar-refractivity contribution in [3.63, 3.8) is 0 Å². The zero-order chi connectivity index (χ0) is 18.9. The van der Waals surface area contributed by atoms with Crippen molar-refractivity contribution in [3.05, 3.63) is 53.5 Å². The Morgan fingerprint density at radius 2 is 1.89 bits per heavy atom. The van der Waals surface area contributed by atoms with Crippen molar-refractivity contribution >= 4 is 48.9 Å². The highest BCUT2D eigenvalue weighted by Crippen LogP contribution is 2.25. The highest BCUT2D eigenvalue weighted by Gasteiger charge is 2.24. The smallest absolute Gasteiger partial charge is 0.255 e. The summed E-state index contributed by atoms with van der Waals surface area (Å²) in [6.45, 7) is 0.488. The predicted octanol–water partition coefficient (Wildman–Crippen LogP) is 3.87. The van der Waals surface area contributed by atoms with Gasteiger partial charge in [0.15, 0.2) is 0 Å². The van der Waals surface area contributed by atoms with Gasteiger partial charge >= 0.3 is 0 Å². The normalized spacial score (nSPS) is 16.8. The van der Waals surface area contributed by atoms with E-state index in [9.17, 15) is 13.2 Å². The monoisotopic (exact) mass is 401 g/mol. The summed E-state index contributed by atoms with van der Waals surface area (Å²) in [5.74, 6) is -0.0659. The molecule has 8 heteroatoms. The maximum Gasteiger partial charge on any atom is 0.255 e. The van der Waals surface area contributed by atoms with Gasteiger partial charge in [0.25, 0.3) is 5.91 Å². The lowest BCUT2D eigenvalue weighted by atomic mass is 10.2. The van der Waals surface area contributed by atoms with Gasteiger partial charge in [-0.05, 0) is 55.3 Å². The summed E-state index contributed by atoms with van der Waals surface area (Å²) >= 11 is 1.55. The number of nitrogens with zero attached hydrogens (tertiary/aromatic N) is 2. The number of carbonyl (C=O) groups excluding carboxylic acids is 1. The molecule has 0 unspecified atom stereocenters. The van der Waals surface area contributed by atoms with Crippen LogP contribution in [0.4, 0.5) is 11.4 Å². The third-order valence-electron chi connectivity index (χ3n) is 4.61. The molecule has 1 amide bonds. The zero-order valence-electron chi connectivity index (χ0n) is 14.6. The Morgan fingerprint density at radius 1 is 1.07 bits per heavy atom. The van der Waals surface area contributed by atoms with Crippen LogP contribution >= 0.6 is 11.3 Å². The Hall–Kier alpha value is -2.45. The Morgan fingerprint density at radius 3 is 2.70 bits per heavy atom. The highest BCUT2D eigenvalue weighted by molar-refractivity contribution is 7.92. The van der Waals surface area contributed by atoms with Gasteiger partial charge in [-0.3, -0.25) is 9.10 Å². The van der Waals surface area contributed by atoms with E-state index in [4.69, 9.17) is 0 Å². The van der Waals surface area contributed by atoms with Crippen LogP contribution in [0.1, 0.15) is 29.6 Å². The molecule has 1 N–H and O–H groups in total. The Bertz CT molecular complexity index is 1080. The van der Waals surface area contributed by atoms with Crippen molar-refractivity contribution in [3.8, 4) is 0 Å². The van der Waals surface area contributed by atoms with Crippen molar-refractivity contribution in [2.24, 2.45) is 0 Å². The number of hydrogen-bond acceptors (Lipinski definition) is 5. The van der Waals surface area contributed by atoms with E-state index in [1.165, 1.54) is 4.31 Å². The second-order valence-electron chi connectivity index (χ2n) is 6.48. The maximum absolute atomic E-state index is 12.5. The van der Waals surface area contributed by atoms with E-state index >= 15 is 0 Å². The molecule has 3 aromatic rings. The van der Waals surface area contributed by atoms with Gasteiger partial charge in [-0.1, -0.05) is 6.42 Å². The molecule has 0 aliphatic carbocycles. The molecule has 1 aliphatic rings. The lowest BCUT2D eigenvalue weighted by Crippen LogP contribution is -2.32. The topological polar surface area (TPSA) is 79.4 Å². The van der Waals surface area contributed by atoms with Crippen LogP contribution in [0.3, 0.4) is 0 Å². The van der Waals surface area contributed by atoms with Gasteiger partial charge in [0.05, 0.1) is 27.2 Å². The van der Waals surface area contributed by atoms with Gasteiger partial charge in [-0.2, -0.15) is 0 Å². The molecule has 0 saturated carbocycles. The third kappa shape index (κ3) is 3.81. The fraction of sp³-hybridized carbons (Fsp3) is 0.263. The standard InChI is InChI=1S/C19H19N3O3S2/c23-19(21-15-6-9-18-17(12-15)20-13-26-18)14-4-7-16(8-5-14)22-10-2-1-3-11-27(22,24)25/h4-9,12-13H,1-3,10-11H2,(H,21,23). The van der Waals surface area contributed by atoms with Gasteiger partial charge < -0.3 is 5.32 Å². The van der Waals surface area contributed by atoms with Crippen molar-refractivity contribution in [1.82, 2.24) is 4.98 Å². The van der Waals surface area contributed by atoms with Gasteiger partial charge in [0.1, 0.15) is 0 Å². The first-order valence-electron chi connectivity index (χ1n) is 8.78. The molecule has 140 valence electrons. The summed E-state index contributed by atoms with van der Waals surface area (Å²) in [6.07, 6.45) is 2.46. The van der Waals surface area contributed by atoms with E-state index in [-0.39, 0.29) is 11.7 Å². The average Bonchev–Trinajstić information content (AvgIpc) is 3.04. The van der Waals surface area contributed by atoms with Crippen molar-refractivity contribution in [2.75, 3.05) is 21.9 Å². The fourth-order valence-corrected chi connectivity index (χ4v) is 5.47. The summed E-state index contributed by atoms with van der Waals surface area (Å²) in [6, 6.07) is 12.3. The minimum Gasteiger partial charge on any atom is -0.322 e. The number of benzene rings is 2. The van der Waals surface area contributed by atoms with Gasteiger partial charge in [-0.25, -0.2) is 13.4 Å². The molecule has 2 aromatic carbocycles. The summed E-state index contributed by atoms with van der Waals surface area (Å²) in [4.78, 5) is 16.7. The van der Waals surface area contributed by atoms with Gasteiger partial charge in [0.2, 0.25) is 10.0 Å². The Labute approximate surface area is 161 Å². The van der Waals surface area contributed by atoms with E-state index in [1.54, 1.807) is 41.1 Å². The molecule has 0 radical (unpaired) electrons. The average molecular weight is 402 g/mol. The molecule has 0 atom stereocenters. The highest BCUT2D eigenvalue weighted by atomic mass is 32.2. The van der Waals surface area contributed by atoms with E-state index < -0.39 is 10.0 Å². The molecule has 0 bridgehead atoms. The van der Waals surface area contributed by atoms with Crippen LogP contribution in [-0.4, -0.2) is 31.6 Å². The Balaban J connectivity index is 1.51. The van der Waals surface area contributed by atoms with E-state index in [0.29, 0.717) is 29.9 Å². The van der Waals surface area contributed by atoms with Gasteiger partial charge in [-0.15, -0.1) is 11.3 Å². The summed E-state index contributed by atoms with van der Waals surface area (Å²) in [7, 11) is -3.28. The maximum atomic E-state index is 12.5. The number of anilines is 2. The van der Waals surface area contributed by atoms with Crippen molar-refractivity contribution in [1.29, 1.82) is 0 Å². The van der Waals surface area contributed by atoms with E-state index in [2.05, 4.69) is 10.3 Å². The van der Waals surface area contributed by atoms with E-state index in [1.807, 2.05) is 18.2 Å². The predicted molar refractivity (Wildman–Crippen MR) is 109 cm³/mol. The summed E-state index contributed by atoms with van der Waals surface area (Å²) in [5.41, 5.74) is 4.38. The minimum absolute atomic E-state index is 0.175. The van der Waals surface area contributed by atoms with Crippen LogP contribution in [-0.2, 0) is 10.0 Å². The number of fused-ring (bicyclic) bond motifs is 1. The van der Waals surface area contributed by atoms with Crippen LogP contribution in [0.5, 0.6) is 0 Å². The molecule has 2 heterocycles. The fourth-order valence-electron chi connectivity index (χ4n) is 3.17. The first-order chi connectivity index (χ1) is 13.0. The number of hydrogen-bond donors (Lipinski definition) is 1. The van der Waals surface area contributed by atoms with Crippen LogP contribution in [0, 0.1) is 0 Å². The zero-order valence-corrected chi connectivity index (χ0v) is 16.2. The summed E-state index contributed by atoms with van der Waals surface area (Å²) in [5, 5.41) is 2.86. The van der Waals surface area contributed by atoms with Crippen molar-refractivity contribution in [2.45, 2.75) is 19.3 Å². The molecular weight excluding hydrogens is 382 g/mol. The van der Waals surface area contributed by atoms with Crippen LogP contribution in [0.25, 0.3) is 10.2 Å². The molecule has 1 fully saturated rings. The molecular formula is C19H19N3O3S2. The molecule has 0 spiro atoms. The second kappa shape index (κ2) is 7.28. The molecule has 1 aliphatic heterocycles. The number of nitrogens with one attached hydrogen (secondary N) is 1.